The maximum atomic E-state index is 4.41. The van der Waals surface area contributed by atoms with Crippen LogP contribution < -0.4 is 10.6 Å². The molecule has 0 aromatic rings. The molecule has 2 rings (SSSR count). The number of hydrogen-bond donors (Lipinski definition) is 2. The lowest BCUT2D eigenvalue weighted by molar-refractivity contribution is 0.268. The van der Waals surface area contributed by atoms with E-state index < -0.39 is 0 Å². The second kappa shape index (κ2) is 3.31. The normalized spacial score (nSPS) is 29.9. The van der Waals surface area contributed by atoms with Crippen molar-refractivity contribution in [3.8, 4) is 0 Å². The van der Waals surface area contributed by atoms with Gasteiger partial charge in [0.1, 0.15) is 0 Å². The first-order chi connectivity index (χ1) is 5.88. The summed E-state index contributed by atoms with van der Waals surface area (Å²) in [5, 5.41) is 6.67. The molecule has 1 atom stereocenters. The SMILES string of the molecule is CC1CNCCN1C1=NCCN1. The Hall–Kier alpha value is -0.770. The maximum Gasteiger partial charge on any atom is 0.194 e. The van der Waals surface area contributed by atoms with Crippen LogP contribution in [0.5, 0.6) is 0 Å². The van der Waals surface area contributed by atoms with Gasteiger partial charge in [0.25, 0.3) is 0 Å². The highest BCUT2D eigenvalue weighted by Crippen LogP contribution is 2.04. The molecule has 4 heteroatoms. The molecule has 4 nitrogen and oxygen atoms in total. The summed E-state index contributed by atoms with van der Waals surface area (Å²) in [6.45, 7) is 7.39. The van der Waals surface area contributed by atoms with E-state index >= 15 is 0 Å². The number of hydrogen-bond acceptors (Lipinski definition) is 4. The Balaban J connectivity index is 2.00. The van der Waals surface area contributed by atoms with Gasteiger partial charge in [0.05, 0.1) is 6.54 Å². The predicted octanol–water partition coefficient (Wildman–Crippen LogP) is -0.761. The molecule has 12 heavy (non-hydrogen) atoms. The minimum absolute atomic E-state index is 0.572. The topological polar surface area (TPSA) is 39.7 Å². The van der Waals surface area contributed by atoms with Gasteiger partial charge >= 0.3 is 0 Å². The van der Waals surface area contributed by atoms with Gasteiger partial charge in [-0.1, -0.05) is 0 Å². The molecule has 2 heterocycles. The number of guanidine groups is 1. The van der Waals surface area contributed by atoms with E-state index in [1.165, 1.54) is 0 Å². The minimum atomic E-state index is 0.572. The Labute approximate surface area is 73.0 Å². The fourth-order valence-electron chi connectivity index (χ4n) is 1.73. The lowest BCUT2D eigenvalue weighted by atomic mass is 10.2. The smallest absolute Gasteiger partial charge is 0.194 e. The zero-order valence-corrected chi connectivity index (χ0v) is 7.51. The van der Waals surface area contributed by atoms with Crippen molar-refractivity contribution in [1.29, 1.82) is 0 Å². The summed E-state index contributed by atoms with van der Waals surface area (Å²) in [5.41, 5.74) is 0. The molecule has 2 aliphatic heterocycles. The number of piperazine rings is 1. The number of aliphatic imine (C=N–C) groups is 1. The monoisotopic (exact) mass is 168 g/mol. The van der Waals surface area contributed by atoms with Crippen LogP contribution in [-0.2, 0) is 0 Å². The van der Waals surface area contributed by atoms with E-state index in [1.807, 2.05) is 0 Å². The third-order valence-electron chi connectivity index (χ3n) is 2.43. The predicted molar refractivity (Wildman–Crippen MR) is 49.3 cm³/mol. The van der Waals surface area contributed by atoms with Gasteiger partial charge in [-0.2, -0.15) is 0 Å². The molecule has 1 fully saturated rings. The summed E-state index contributed by atoms with van der Waals surface area (Å²) >= 11 is 0. The lowest BCUT2D eigenvalue weighted by Gasteiger charge is -2.35. The molecular formula is C8H16N4. The van der Waals surface area contributed by atoms with Gasteiger partial charge in [0, 0.05) is 32.2 Å². The van der Waals surface area contributed by atoms with Crippen LogP contribution in [0.3, 0.4) is 0 Å². The Bertz CT molecular complexity index is 189. The molecule has 2 N–H and O–H groups in total. The van der Waals surface area contributed by atoms with E-state index in [1.54, 1.807) is 0 Å². The first-order valence-electron chi connectivity index (χ1n) is 4.63. The van der Waals surface area contributed by atoms with E-state index in [-0.39, 0.29) is 0 Å². The second-order valence-electron chi connectivity index (χ2n) is 3.38. The Kier molecular flexibility index (Phi) is 2.17. The van der Waals surface area contributed by atoms with E-state index in [0.717, 1.165) is 38.7 Å². The van der Waals surface area contributed by atoms with Gasteiger partial charge < -0.3 is 15.5 Å². The molecular weight excluding hydrogens is 152 g/mol. The van der Waals surface area contributed by atoms with Crippen molar-refractivity contribution in [2.24, 2.45) is 4.99 Å². The Morgan fingerprint density at radius 2 is 2.42 bits per heavy atom. The molecule has 0 aliphatic carbocycles. The fraction of sp³-hybridized carbons (Fsp3) is 0.875. The van der Waals surface area contributed by atoms with E-state index in [0.29, 0.717) is 6.04 Å². The van der Waals surface area contributed by atoms with Crippen molar-refractivity contribution in [2.45, 2.75) is 13.0 Å². The van der Waals surface area contributed by atoms with Crippen molar-refractivity contribution in [3.63, 3.8) is 0 Å². The van der Waals surface area contributed by atoms with Crippen LogP contribution in [0.2, 0.25) is 0 Å². The van der Waals surface area contributed by atoms with Gasteiger partial charge in [-0.3, -0.25) is 4.99 Å². The maximum absolute atomic E-state index is 4.41. The molecule has 2 aliphatic rings. The average Bonchev–Trinajstić information content (AvgIpc) is 2.57. The number of nitrogens with one attached hydrogen (secondary N) is 2. The summed E-state index contributed by atoms with van der Waals surface area (Å²) in [7, 11) is 0. The quantitative estimate of drug-likeness (QED) is 0.499. The third-order valence-corrected chi connectivity index (χ3v) is 2.43. The fourth-order valence-corrected chi connectivity index (χ4v) is 1.73. The highest BCUT2D eigenvalue weighted by molar-refractivity contribution is 5.81. The molecule has 0 saturated carbocycles. The van der Waals surface area contributed by atoms with E-state index in [9.17, 15) is 0 Å². The first-order valence-corrected chi connectivity index (χ1v) is 4.63. The van der Waals surface area contributed by atoms with Gasteiger partial charge in [0.2, 0.25) is 0 Å². The molecule has 0 spiro atoms. The first kappa shape index (κ1) is 7.86. The number of rotatable bonds is 0. The van der Waals surface area contributed by atoms with Gasteiger partial charge in [0.15, 0.2) is 5.96 Å². The Morgan fingerprint density at radius 3 is 3.08 bits per heavy atom. The van der Waals surface area contributed by atoms with Crippen LogP contribution in [0, 0.1) is 0 Å². The standard InChI is InChI=1S/C8H16N4/c1-7-6-9-4-5-12(7)8-10-2-3-11-8/h7,9H,2-6H2,1H3,(H,10,11). The van der Waals surface area contributed by atoms with E-state index in [4.69, 9.17) is 0 Å². The number of nitrogens with zero attached hydrogens (tertiary/aromatic N) is 2. The molecule has 0 aromatic heterocycles. The van der Waals surface area contributed by atoms with Crippen molar-refractivity contribution in [1.82, 2.24) is 15.5 Å². The molecule has 68 valence electrons. The van der Waals surface area contributed by atoms with Crippen molar-refractivity contribution in [3.05, 3.63) is 0 Å². The molecule has 0 amide bonds. The van der Waals surface area contributed by atoms with Gasteiger partial charge in [-0.15, -0.1) is 0 Å². The lowest BCUT2D eigenvalue weighted by Crippen LogP contribution is -2.54. The summed E-state index contributed by atoms with van der Waals surface area (Å²) in [6, 6.07) is 0.572. The third kappa shape index (κ3) is 1.39. The zero-order chi connectivity index (χ0) is 8.39. The highest BCUT2D eigenvalue weighted by atomic mass is 15.4. The van der Waals surface area contributed by atoms with Crippen LogP contribution in [-0.4, -0.2) is 49.6 Å². The highest BCUT2D eigenvalue weighted by Gasteiger charge is 2.22. The minimum Gasteiger partial charge on any atom is -0.354 e. The molecule has 1 saturated heterocycles. The average molecular weight is 168 g/mol. The molecule has 0 bridgehead atoms. The summed E-state index contributed by atoms with van der Waals surface area (Å²) in [4.78, 5) is 6.76. The van der Waals surface area contributed by atoms with Gasteiger partial charge in [-0.25, -0.2) is 0 Å². The van der Waals surface area contributed by atoms with Crippen molar-refractivity contribution < 1.29 is 0 Å². The van der Waals surface area contributed by atoms with Crippen LogP contribution in [0.4, 0.5) is 0 Å². The van der Waals surface area contributed by atoms with Crippen LogP contribution in [0.1, 0.15) is 6.92 Å². The summed E-state index contributed by atoms with van der Waals surface area (Å²) in [6.07, 6.45) is 0. The molecule has 1 unspecified atom stereocenters. The van der Waals surface area contributed by atoms with Crippen LogP contribution in [0.25, 0.3) is 0 Å². The largest absolute Gasteiger partial charge is 0.354 e. The summed E-state index contributed by atoms with van der Waals surface area (Å²) < 4.78 is 0. The van der Waals surface area contributed by atoms with Gasteiger partial charge in [-0.05, 0) is 6.92 Å². The zero-order valence-electron chi connectivity index (χ0n) is 7.51. The van der Waals surface area contributed by atoms with Crippen LogP contribution in [0.15, 0.2) is 4.99 Å². The molecule has 0 aromatic carbocycles. The van der Waals surface area contributed by atoms with E-state index in [2.05, 4.69) is 27.4 Å². The second-order valence-corrected chi connectivity index (χ2v) is 3.38. The molecule has 0 radical (unpaired) electrons. The Morgan fingerprint density at radius 1 is 1.50 bits per heavy atom. The van der Waals surface area contributed by atoms with Crippen LogP contribution >= 0.6 is 0 Å². The van der Waals surface area contributed by atoms with Crippen molar-refractivity contribution >= 4 is 5.96 Å². The van der Waals surface area contributed by atoms with Crippen molar-refractivity contribution in [2.75, 3.05) is 32.7 Å². The summed E-state index contributed by atoms with van der Waals surface area (Å²) in [5.74, 6) is 1.10.